The predicted molar refractivity (Wildman–Crippen MR) is 139 cm³/mol. The van der Waals surface area contributed by atoms with Gasteiger partial charge in [-0.2, -0.15) is 0 Å². The van der Waals surface area contributed by atoms with Gasteiger partial charge >= 0.3 is 0 Å². The quantitative estimate of drug-likeness (QED) is 0.417. The molecule has 2 fully saturated rings. The molecule has 0 aromatic heterocycles. The summed E-state index contributed by atoms with van der Waals surface area (Å²) in [6.07, 6.45) is 7.14. The van der Waals surface area contributed by atoms with Gasteiger partial charge in [0.05, 0.1) is 0 Å². The fourth-order valence-electron chi connectivity index (χ4n) is 6.20. The highest BCUT2D eigenvalue weighted by atomic mass is 35.5. The Morgan fingerprint density at radius 1 is 1.00 bits per heavy atom. The summed E-state index contributed by atoms with van der Waals surface area (Å²) in [6.45, 7) is 6.05. The van der Waals surface area contributed by atoms with Crippen molar-refractivity contribution in [2.45, 2.75) is 69.9 Å². The molecular formula is C28H36ClF2N3O. The van der Waals surface area contributed by atoms with Gasteiger partial charge in [-0.15, -0.1) is 12.4 Å². The standard InChI is InChI=1S/C28H35F2N3O.ClH/c1-20(32-16-5-3-7-28(32)34)6-2-4-15-31-17-14-27-25(19-31)24-18-22(30)10-13-26(24)33(27)23-11-8-21(29)9-12-23;/h8-13,18,20,25,27H,2-7,14-17,19H2,1H3;1H/t20?,25-,27+;/m0./s1. The van der Waals surface area contributed by atoms with Crippen LogP contribution in [0.3, 0.4) is 0 Å². The first kappa shape index (κ1) is 25.9. The van der Waals surface area contributed by atoms with Crippen LogP contribution < -0.4 is 4.90 Å². The molecule has 3 aliphatic rings. The Morgan fingerprint density at radius 2 is 1.77 bits per heavy atom. The molecule has 0 saturated carbocycles. The highest BCUT2D eigenvalue weighted by Gasteiger charge is 2.42. The maximum Gasteiger partial charge on any atom is 0.222 e. The first-order valence-electron chi connectivity index (χ1n) is 12.9. The van der Waals surface area contributed by atoms with E-state index in [0.29, 0.717) is 18.4 Å². The van der Waals surface area contributed by atoms with Gasteiger partial charge in [0.15, 0.2) is 0 Å². The van der Waals surface area contributed by atoms with Gasteiger partial charge in [0.2, 0.25) is 5.91 Å². The number of unbranched alkanes of at least 4 members (excludes halogenated alkanes) is 1. The first-order valence-corrected chi connectivity index (χ1v) is 12.9. The molecule has 3 heterocycles. The molecule has 0 bridgehead atoms. The van der Waals surface area contributed by atoms with Gasteiger partial charge in [0, 0.05) is 55.4 Å². The minimum atomic E-state index is -0.243. The van der Waals surface area contributed by atoms with Gasteiger partial charge in [-0.3, -0.25) is 4.79 Å². The van der Waals surface area contributed by atoms with Crippen LogP contribution in [0.1, 0.15) is 63.4 Å². The number of hydrogen-bond donors (Lipinski definition) is 0. The summed E-state index contributed by atoms with van der Waals surface area (Å²) in [4.78, 5) is 19.0. The number of nitrogens with zero attached hydrogens (tertiary/aromatic N) is 3. The van der Waals surface area contributed by atoms with Crippen LogP contribution in [0.15, 0.2) is 42.5 Å². The minimum absolute atomic E-state index is 0. The van der Waals surface area contributed by atoms with Crippen molar-refractivity contribution in [3.05, 3.63) is 59.7 Å². The van der Waals surface area contributed by atoms with Crippen LogP contribution >= 0.6 is 12.4 Å². The van der Waals surface area contributed by atoms with E-state index in [4.69, 9.17) is 0 Å². The number of hydrogen-bond acceptors (Lipinski definition) is 3. The van der Waals surface area contributed by atoms with Crippen LogP contribution in [0.25, 0.3) is 0 Å². The van der Waals surface area contributed by atoms with E-state index in [0.717, 1.165) is 81.6 Å². The third kappa shape index (κ3) is 5.49. The Balaban J connectivity index is 0.00000289. The van der Waals surface area contributed by atoms with E-state index >= 15 is 0 Å². The van der Waals surface area contributed by atoms with E-state index in [2.05, 4.69) is 21.6 Å². The average Bonchev–Trinajstić information content (AvgIpc) is 3.15. The molecule has 1 unspecified atom stereocenters. The Hall–Kier alpha value is -2.18. The van der Waals surface area contributed by atoms with E-state index in [1.807, 2.05) is 18.2 Å². The number of carbonyl (C=O) groups is 1. The molecule has 3 aliphatic heterocycles. The van der Waals surface area contributed by atoms with Crippen molar-refractivity contribution in [1.82, 2.24) is 9.80 Å². The van der Waals surface area contributed by atoms with Gasteiger partial charge in [0.25, 0.3) is 0 Å². The lowest BCUT2D eigenvalue weighted by Crippen LogP contribution is -2.45. The molecule has 2 aromatic rings. The highest BCUT2D eigenvalue weighted by molar-refractivity contribution is 5.85. The predicted octanol–water partition coefficient (Wildman–Crippen LogP) is 6.27. The van der Waals surface area contributed by atoms with Gasteiger partial charge in [-0.25, -0.2) is 8.78 Å². The SMILES string of the molecule is CC(CCCCN1CC[C@@H]2[C@@H](C1)c1cc(F)ccc1N2c1ccc(F)cc1)N1CCCCC1=O.Cl. The normalized spacial score (nSPS) is 23.0. The molecule has 4 nitrogen and oxygen atoms in total. The van der Waals surface area contributed by atoms with E-state index < -0.39 is 0 Å². The topological polar surface area (TPSA) is 26.8 Å². The fourth-order valence-corrected chi connectivity index (χ4v) is 6.20. The van der Waals surface area contributed by atoms with Gasteiger partial charge in [-0.05, 0) is 93.6 Å². The third-order valence-corrected chi connectivity index (χ3v) is 7.98. The lowest BCUT2D eigenvalue weighted by Gasteiger charge is -2.39. The molecule has 190 valence electrons. The Kier molecular flexibility index (Phi) is 8.33. The molecule has 1 amide bonds. The van der Waals surface area contributed by atoms with Crippen LogP contribution in [-0.2, 0) is 4.79 Å². The van der Waals surface area contributed by atoms with Gasteiger partial charge < -0.3 is 14.7 Å². The number of likely N-dealkylation sites (tertiary alicyclic amines) is 2. The molecule has 0 spiro atoms. The summed E-state index contributed by atoms with van der Waals surface area (Å²) in [6, 6.07) is 12.3. The van der Waals surface area contributed by atoms with E-state index in [9.17, 15) is 13.6 Å². The molecule has 0 radical (unpaired) electrons. The van der Waals surface area contributed by atoms with Crippen LogP contribution in [-0.4, -0.2) is 54.0 Å². The van der Waals surface area contributed by atoms with Crippen molar-refractivity contribution < 1.29 is 13.6 Å². The summed E-state index contributed by atoms with van der Waals surface area (Å²) in [7, 11) is 0. The Labute approximate surface area is 213 Å². The fraction of sp³-hybridized carbons (Fsp3) is 0.536. The van der Waals surface area contributed by atoms with E-state index in [1.165, 1.54) is 18.2 Å². The zero-order valence-electron chi connectivity index (χ0n) is 20.5. The van der Waals surface area contributed by atoms with Crippen molar-refractivity contribution >= 4 is 29.7 Å². The van der Waals surface area contributed by atoms with Crippen LogP contribution in [0.2, 0.25) is 0 Å². The second-order valence-electron chi connectivity index (χ2n) is 10.2. The monoisotopic (exact) mass is 503 g/mol. The number of amides is 1. The molecule has 35 heavy (non-hydrogen) atoms. The lowest BCUT2D eigenvalue weighted by molar-refractivity contribution is -0.135. The summed E-state index contributed by atoms with van der Waals surface area (Å²) >= 11 is 0. The second kappa shape index (κ2) is 11.3. The second-order valence-corrected chi connectivity index (χ2v) is 10.2. The smallest absolute Gasteiger partial charge is 0.222 e. The minimum Gasteiger partial charge on any atom is -0.340 e. The highest BCUT2D eigenvalue weighted by Crippen LogP contribution is 2.48. The zero-order valence-corrected chi connectivity index (χ0v) is 21.3. The maximum absolute atomic E-state index is 14.2. The average molecular weight is 504 g/mol. The molecule has 2 aromatic carbocycles. The number of benzene rings is 2. The van der Waals surface area contributed by atoms with Crippen LogP contribution in [0.5, 0.6) is 0 Å². The van der Waals surface area contributed by atoms with Crippen molar-refractivity contribution in [3.8, 4) is 0 Å². The molecule has 2 saturated heterocycles. The van der Waals surface area contributed by atoms with Crippen molar-refractivity contribution in [1.29, 1.82) is 0 Å². The Morgan fingerprint density at radius 3 is 2.54 bits per heavy atom. The summed E-state index contributed by atoms with van der Waals surface area (Å²) in [5, 5.41) is 0. The molecular weight excluding hydrogens is 468 g/mol. The Bertz CT molecular complexity index is 1020. The number of rotatable bonds is 7. The van der Waals surface area contributed by atoms with Crippen molar-refractivity contribution in [2.24, 2.45) is 0 Å². The van der Waals surface area contributed by atoms with Crippen LogP contribution in [0.4, 0.5) is 20.2 Å². The molecule has 3 atom stereocenters. The zero-order chi connectivity index (χ0) is 23.7. The lowest BCUT2D eigenvalue weighted by atomic mass is 9.88. The third-order valence-electron chi connectivity index (χ3n) is 7.98. The maximum atomic E-state index is 14.2. The summed E-state index contributed by atoms with van der Waals surface area (Å²) in [5.41, 5.74) is 3.08. The molecule has 5 rings (SSSR count). The van der Waals surface area contributed by atoms with Gasteiger partial charge in [0.1, 0.15) is 11.6 Å². The summed E-state index contributed by atoms with van der Waals surface area (Å²) < 4.78 is 27.7. The number of carbonyl (C=O) groups excluding carboxylic acids is 1. The van der Waals surface area contributed by atoms with Gasteiger partial charge in [-0.1, -0.05) is 6.42 Å². The summed E-state index contributed by atoms with van der Waals surface area (Å²) in [5.74, 6) is 0.123. The van der Waals surface area contributed by atoms with Crippen molar-refractivity contribution in [3.63, 3.8) is 0 Å². The number of anilines is 2. The first-order chi connectivity index (χ1) is 16.5. The van der Waals surface area contributed by atoms with Crippen LogP contribution in [0, 0.1) is 11.6 Å². The number of fused-ring (bicyclic) bond motifs is 3. The largest absolute Gasteiger partial charge is 0.340 e. The number of halogens is 3. The van der Waals surface area contributed by atoms with E-state index in [-0.39, 0.29) is 36.0 Å². The molecule has 0 aliphatic carbocycles. The van der Waals surface area contributed by atoms with E-state index in [1.54, 1.807) is 6.07 Å². The molecule has 0 N–H and O–H groups in total. The molecule has 7 heteroatoms. The van der Waals surface area contributed by atoms with Crippen molar-refractivity contribution in [2.75, 3.05) is 31.1 Å². The number of piperidine rings is 2.